The molecule has 0 radical (unpaired) electrons. The maximum absolute atomic E-state index is 12.4. The van der Waals surface area contributed by atoms with Crippen LogP contribution < -0.4 is 10.5 Å². The number of carbonyl (C=O) groups excluding carboxylic acids is 1. The van der Waals surface area contributed by atoms with Crippen LogP contribution in [0.2, 0.25) is 0 Å². The fourth-order valence-electron chi connectivity index (χ4n) is 2.61. The first-order chi connectivity index (χ1) is 9.72. The maximum Gasteiger partial charge on any atom is 0.238 e. The first kappa shape index (κ1) is 16.5. The zero-order valence-corrected chi connectivity index (χ0v) is 14.3. The zero-order chi connectivity index (χ0) is 15.7. The Hall–Kier alpha value is -0.920. The standard InChI is InChI=1S/C14H19BrN2O3S/c1-14(7-3-2-4-8-14)13(18)17-12-6-5-10(9-11(12)15)21(16,19)20/h5-6,9H,2-4,7-8H2,1H3,(H,17,18)(H2,16,19,20). The van der Waals surface area contributed by atoms with E-state index in [1.807, 2.05) is 6.92 Å². The molecule has 2 rings (SSSR count). The second kappa shape index (κ2) is 6.06. The minimum Gasteiger partial charge on any atom is -0.325 e. The van der Waals surface area contributed by atoms with Crippen molar-refractivity contribution in [1.82, 2.24) is 0 Å². The molecule has 0 aliphatic heterocycles. The summed E-state index contributed by atoms with van der Waals surface area (Å²) in [5, 5.41) is 7.96. The smallest absolute Gasteiger partial charge is 0.238 e. The molecule has 0 saturated heterocycles. The molecule has 1 aliphatic carbocycles. The molecule has 1 aromatic carbocycles. The SMILES string of the molecule is CC1(C(=O)Nc2ccc(S(N)(=O)=O)cc2Br)CCCCC1. The van der Waals surface area contributed by atoms with E-state index in [1.54, 1.807) is 6.07 Å². The van der Waals surface area contributed by atoms with E-state index < -0.39 is 10.0 Å². The summed E-state index contributed by atoms with van der Waals surface area (Å²) in [6.07, 6.45) is 5.07. The molecule has 0 heterocycles. The van der Waals surface area contributed by atoms with Crippen LogP contribution in [0.1, 0.15) is 39.0 Å². The van der Waals surface area contributed by atoms with Gasteiger partial charge in [-0.05, 0) is 47.0 Å². The topological polar surface area (TPSA) is 89.3 Å². The summed E-state index contributed by atoms with van der Waals surface area (Å²) in [4.78, 5) is 12.5. The number of nitrogens with two attached hydrogens (primary N) is 1. The van der Waals surface area contributed by atoms with Crippen LogP contribution in [0.15, 0.2) is 27.6 Å². The summed E-state index contributed by atoms with van der Waals surface area (Å²) in [5.41, 5.74) is 0.204. The number of hydrogen-bond acceptors (Lipinski definition) is 3. The van der Waals surface area contributed by atoms with Gasteiger partial charge in [0, 0.05) is 9.89 Å². The number of halogens is 1. The Labute approximate surface area is 133 Å². The largest absolute Gasteiger partial charge is 0.325 e. The highest BCUT2D eigenvalue weighted by Gasteiger charge is 2.34. The van der Waals surface area contributed by atoms with Crippen LogP contribution in [-0.4, -0.2) is 14.3 Å². The fourth-order valence-corrected chi connectivity index (χ4v) is 3.78. The van der Waals surface area contributed by atoms with Gasteiger partial charge in [0.05, 0.1) is 10.6 Å². The molecule has 0 bridgehead atoms. The summed E-state index contributed by atoms with van der Waals surface area (Å²) in [6, 6.07) is 4.33. The molecule has 1 aliphatic rings. The summed E-state index contributed by atoms with van der Waals surface area (Å²) in [6.45, 7) is 1.98. The summed E-state index contributed by atoms with van der Waals surface area (Å²) < 4.78 is 23.1. The van der Waals surface area contributed by atoms with Gasteiger partial charge in [-0.15, -0.1) is 0 Å². The van der Waals surface area contributed by atoms with Gasteiger partial charge >= 0.3 is 0 Å². The van der Waals surface area contributed by atoms with Crippen LogP contribution >= 0.6 is 15.9 Å². The van der Waals surface area contributed by atoms with E-state index in [2.05, 4.69) is 21.2 Å². The number of primary sulfonamides is 1. The maximum atomic E-state index is 12.4. The number of anilines is 1. The Morgan fingerprint density at radius 1 is 1.29 bits per heavy atom. The minimum atomic E-state index is -3.75. The Bertz CT molecular complexity index is 652. The van der Waals surface area contributed by atoms with Crippen LogP contribution in [0.3, 0.4) is 0 Å². The lowest BCUT2D eigenvalue weighted by atomic mass is 9.75. The van der Waals surface area contributed by atoms with Crippen molar-refractivity contribution in [3.05, 3.63) is 22.7 Å². The monoisotopic (exact) mass is 374 g/mol. The van der Waals surface area contributed by atoms with Crippen LogP contribution in [-0.2, 0) is 14.8 Å². The minimum absolute atomic E-state index is 0.0104. The molecule has 1 saturated carbocycles. The molecular formula is C14H19BrN2O3S. The lowest BCUT2D eigenvalue weighted by Gasteiger charge is -2.32. The molecule has 0 unspecified atom stereocenters. The molecule has 1 fully saturated rings. The van der Waals surface area contributed by atoms with Gasteiger partial charge in [0.1, 0.15) is 0 Å². The van der Waals surface area contributed by atoms with Crippen LogP contribution in [0.25, 0.3) is 0 Å². The highest BCUT2D eigenvalue weighted by molar-refractivity contribution is 9.10. The molecule has 0 aromatic heterocycles. The Morgan fingerprint density at radius 2 is 1.90 bits per heavy atom. The second-order valence-corrected chi connectivity index (χ2v) is 8.18. The number of carbonyl (C=O) groups is 1. The van der Waals surface area contributed by atoms with Crippen molar-refractivity contribution in [2.24, 2.45) is 10.6 Å². The van der Waals surface area contributed by atoms with Gasteiger partial charge in [-0.3, -0.25) is 4.79 Å². The molecule has 3 N–H and O–H groups in total. The van der Waals surface area contributed by atoms with E-state index in [4.69, 9.17) is 5.14 Å². The Morgan fingerprint density at radius 3 is 2.43 bits per heavy atom. The third-order valence-corrected chi connectivity index (χ3v) is 5.59. The van der Waals surface area contributed by atoms with Crippen molar-refractivity contribution in [1.29, 1.82) is 0 Å². The summed E-state index contributed by atoms with van der Waals surface area (Å²) in [5.74, 6) is -0.0220. The molecule has 0 spiro atoms. The van der Waals surface area contributed by atoms with Crippen molar-refractivity contribution in [2.45, 2.75) is 43.9 Å². The van der Waals surface area contributed by atoms with Crippen LogP contribution in [0.5, 0.6) is 0 Å². The highest BCUT2D eigenvalue weighted by atomic mass is 79.9. The quantitative estimate of drug-likeness (QED) is 0.851. The van der Waals surface area contributed by atoms with Crippen molar-refractivity contribution in [2.75, 3.05) is 5.32 Å². The number of hydrogen-bond donors (Lipinski definition) is 2. The Balaban J connectivity index is 2.18. The summed E-state index contributed by atoms with van der Waals surface area (Å²) >= 11 is 3.28. The van der Waals surface area contributed by atoms with E-state index >= 15 is 0 Å². The average Bonchev–Trinajstić information content (AvgIpc) is 2.40. The lowest BCUT2D eigenvalue weighted by Crippen LogP contribution is -2.35. The number of benzene rings is 1. The van der Waals surface area contributed by atoms with Gasteiger partial charge in [-0.2, -0.15) is 0 Å². The lowest BCUT2D eigenvalue weighted by molar-refractivity contribution is -0.126. The van der Waals surface area contributed by atoms with E-state index in [-0.39, 0.29) is 16.2 Å². The van der Waals surface area contributed by atoms with E-state index in [0.29, 0.717) is 10.2 Å². The van der Waals surface area contributed by atoms with E-state index in [9.17, 15) is 13.2 Å². The molecule has 116 valence electrons. The van der Waals surface area contributed by atoms with Gasteiger partial charge in [0.2, 0.25) is 15.9 Å². The second-order valence-electron chi connectivity index (χ2n) is 5.76. The first-order valence-corrected chi connectivity index (χ1v) is 9.20. The van der Waals surface area contributed by atoms with Crippen molar-refractivity contribution >= 4 is 37.5 Å². The predicted molar refractivity (Wildman–Crippen MR) is 85.3 cm³/mol. The molecular weight excluding hydrogens is 356 g/mol. The fraction of sp³-hybridized carbons (Fsp3) is 0.500. The molecule has 7 heteroatoms. The van der Waals surface area contributed by atoms with E-state index in [0.717, 1.165) is 25.7 Å². The zero-order valence-electron chi connectivity index (χ0n) is 11.9. The average molecular weight is 375 g/mol. The summed E-state index contributed by atoms with van der Waals surface area (Å²) in [7, 11) is -3.75. The van der Waals surface area contributed by atoms with Crippen molar-refractivity contribution in [3.8, 4) is 0 Å². The van der Waals surface area contributed by atoms with Gasteiger partial charge < -0.3 is 5.32 Å². The van der Waals surface area contributed by atoms with Gasteiger partial charge in [-0.25, -0.2) is 13.6 Å². The molecule has 1 amide bonds. The number of nitrogens with one attached hydrogen (secondary N) is 1. The molecule has 21 heavy (non-hydrogen) atoms. The molecule has 5 nitrogen and oxygen atoms in total. The Kier molecular flexibility index (Phi) is 4.75. The molecule has 0 atom stereocenters. The van der Waals surface area contributed by atoms with Crippen molar-refractivity contribution in [3.63, 3.8) is 0 Å². The van der Waals surface area contributed by atoms with Crippen LogP contribution in [0, 0.1) is 5.41 Å². The van der Waals surface area contributed by atoms with Crippen LogP contribution in [0.4, 0.5) is 5.69 Å². The first-order valence-electron chi connectivity index (χ1n) is 6.86. The normalized spacial score (nSPS) is 18.2. The van der Waals surface area contributed by atoms with Gasteiger partial charge in [0.15, 0.2) is 0 Å². The van der Waals surface area contributed by atoms with Gasteiger partial charge in [-0.1, -0.05) is 26.2 Å². The number of sulfonamides is 1. The predicted octanol–water partition coefficient (Wildman–Crippen LogP) is 3.01. The third kappa shape index (κ3) is 3.84. The van der Waals surface area contributed by atoms with Gasteiger partial charge in [0.25, 0.3) is 0 Å². The number of rotatable bonds is 3. The highest BCUT2D eigenvalue weighted by Crippen LogP contribution is 2.37. The van der Waals surface area contributed by atoms with Crippen molar-refractivity contribution < 1.29 is 13.2 Å². The number of amides is 1. The third-order valence-electron chi connectivity index (χ3n) is 4.02. The van der Waals surface area contributed by atoms with E-state index in [1.165, 1.54) is 18.6 Å². The molecule has 1 aromatic rings.